The van der Waals surface area contributed by atoms with Gasteiger partial charge in [0.1, 0.15) is 17.0 Å². The van der Waals surface area contributed by atoms with E-state index in [9.17, 15) is 0 Å². The van der Waals surface area contributed by atoms with Crippen LogP contribution in [0.1, 0.15) is 5.56 Å². The first-order chi connectivity index (χ1) is 7.79. The Bertz CT molecular complexity index is 532. The van der Waals surface area contributed by atoms with Crippen LogP contribution in [-0.4, -0.2) is 4.98 Å². The number of halogens is 1. The number of pyridine rings is 1. The number of rotatable bonds is 2. The number of hydrogen-bond donors (Lipinski definition) is 1. The second-order valence-corrected chi connectivity index (χ2v) is 3.50. The Morgan fingerprint density at radius 3 is 2.50 bits per heavy atom. The van der Waals surface area contributed by atoms with Gasteiger partial charge in [-0.3, -0.25) is 0 Å². The van der Waals surface area contributed by atoms with E-state index >= 15 is 0 Å². The van der Waals surface area contributed by atoms with E-state index < -0.39 is 0 Å². The number of anilines is 2. The van der Waals surface area contributed by atoms with Gasteiger partial charge in [0.2, 0.25) is 0 Å². The molecular formula is C12H8ClN3. The molecule has 1 aromatic heterocycles. The average molecular weight is 230 g/mol. The molecule has 0 saturated carbocycles. The molecule has 0 amide bonds. The largest absolute Gasteiger partial charge is 0.340 e. The molecule has 0 aliphatic heterocycles. The lowest BCUT2D eigenvalue weighted by molar-refractivity contribution is 1.29. The van der Waals surface area contributed by atoms with E-state index in [1.54, 1.807) is 12.1 Å². The maximum atomic E-state index is 8.70. The molecule has 0 atom stereocenters. The predicted octanol–water partition coefficient (Wildman–Crippen LogP) is 3.35. The van der Waals surface area contributed by atoms with Crippen LogP contribution in [0.4, 0.5) is 11.5 Å². The highest BCUT2D eigenvalue weighted by Gasteiger charge is 2.02. The Balaban J connectivity index is 2.24. The number of hydrogen-bond acceptors (Lipinski definition) is 3. The quantitative estimate of drug-likeness (QED) is 0.804. The minimum atomic E-state index is 0.212. The van der Waals surface area contributed by atoms with Crippen LogP contribution in [-0.2, 0) is 0 Å². The van der Waals surface area contributed by atoms with Gasteiger partial charge in [0, 0.05) is 5.69 Å². The fourth-order valence-corrected chi connectivity index (χ4v) is 1.45. The minimum absolute atomic E-state index is 0.212. The Morgan fingerprint density at radius 2 is 1.88 bits per heavy atom. The van der Waals surface area contributed by atoms with E-state index in [4.69, 9.17) is 16.9 Å². The molecule has 1 heterocycles. The van der Waals surface area contributed by atoms with Gasteiger partial charge in [-0.15, -0.1) is 0 Å². The Labute approximate surface area is 98.3 Å². The van der Waals surface area contributed by atoms with Gasteiger partial charge in [-0.25, -0.2) is 4.98 Å². The molecule has 0 spiro atoms. The summed E-state index contributed by atoms with van der Waals surface area (Å²) >= 11 is 5.82. The third kappa shape index (κ3) is 2.30. The van der Waals surface area contributed by atoms with Crippen LogP contribution in [0.5, 0.6) is 0 Å². The lowest BCUT2D eigenvalue weighted by atomic mass is 10.3. The van der Waals surface area contributed by atoms with Crippen LogP contribution < -0.4 is 5.32 Å². The van der Waals surface area contributed by atoms with E-state index in [1.165, 1.54) is 0 Å². The summed E-state index contributed by atoms with van der Waals surface area (Å²) in [5, 5.41) is 12.0. The summed E-state index contributed by atoms with van der Waals surface area (Å²) in [6.45, 7) is 0. The van der Waals surface area contributed by atoms with E-state index in [0.29, 0.717) is 11.4 Å². The fourth-order valence-electron chi connectivity index (χ4n) is 1.26. The van der Waals surface area contributed by atoms with Crippen molar-refractivity contribution in [3.63, 3.8) is 0 Å². The topological polar surface area (TPSA) is 48.7 Å². The molecule has 0 aliphatic carbocycles. The third-order valence-electron chi connectivity index (χ3n) is 2.02. The summed E-state index contributed by atoms with van der Waals surface area (Å²) in [4.78, 5) is 4.07. The van der Waals surface area contributed by atoms with Crippen molar-refractivity contribution in [2.24, 2.45) is 0 Å². The SMILES string of the molecule is N#Cc1ccc(Nc2ccccc2)nc1Cl. The van der Waals surface area contributed by atoms with Gasteiger partial charge < -0.3 is 5.32 Å². The van der Waals surface area contributed by atoms with Gasteiger partial charge in [-0.2, -0.15) is 5.26 Å². The molecule has 0 aliphatic rings. The van der Waals surface area contributed by atoms with Crippen molar-refractivity contribution in [2.75, 3.05) is 5.32 Å². The molecule has 3 nitrogen and oxygen atoms in total. The van der Waals surface area contributed by atoms with E-state index in [0.717, 1.165) is 5.69 Å². The monoisotopic (exact) mass is 229 g/mol. The van der Waals surface area contributed by atoms with Crippen molar-refractivity contribution >= 4 is 23.1 Å². The van der Waals surface area contributed by atoms with Gasteiger partial charge in [0.25, 0.3) is 0 Å². The highest BCUT2D eigenvalue weighted by Crippen LogP contribution is 2.18. The number of nitrogens with zero attached hydrogens (tertiary/aromatic N) is 2. The summed E-state index contributed by atoms with van der Waals surface area (Å²) in [5.74, 6) is 0.621. The zero-order valence-electron chi connectivity index (χ0n) is 8.31. The van der Waals surface area contributed by atoms with Crippen LogP contribution in [0.25, 0.3) is 0 Å². The van der Waals surface area contributed by atoms with Crippen molar-refractivity contribution in [1.29, 1.82) is 5.26 Å². The molecule has 78 valence electrons. The molecule has 0 fully saturated rings. The molecule has 16 heavy (non-hydrogen) atoms. The Kier molecular flexibility index (Phi) is 3.04. The molecule has 0 unspecified atom stereocenters. The van der Waals surface area contributed by atoms with Gasteiger partial charge in [0.05, 0.1) is 5.56 Å². The molecular weight excluding hydrogens is 222 g/mol. The van der Waals surface area contributed by atoms with Crippen molar-refractivity contribution < 1.29 is 0 Å². The van der Waals surface area contributed by atoms with Crippen LogP contribution >= 0.6 is 11.6 Å². The van der Waals surface area contributed by atoms with Crippen LogP contribution in [0.15, 0.2) is 42.5 Å². The molecule has 1 aromatic carbocycles. The van der Waals surface area contributed by atoms with Gasteiger partial charge in [0.15, 0.2) is 0 Å². The Morgan fingerprint density at radius 1 is 1.12 bits per heavy atom. The summed E-state index contributed by atoms with van der Waals surface area (Å²) in [5.41, 5.74) is 1.30. The number of nitriles is 1. The lowest BCUT2D eigenvalue weighted by Crippen LogP contribution is -1.94. The van der Waals surface area contributed by atoms with E-state index in [1.807, 2.05) is 36.4 Å². The zero-order chi connectivity index (χ0) is 11.4. The summed E-state index contributed by atoms with van der Waals surface area (Å²) in [7, 11) is 0. The number of aromatic nitrogens is 1. The van der Waals surface area contributed by atoms with Gasteiger partial charge in [-0.05, 0) is 24.3 Å². The number of benzene rings is 1. The predicted molar refractivity (Wildman–Crippen MR) is 63.7 cm³/mol. The van der Waals surface area contributed by atoms with Crippen molar-refractivity contribution in [3.8, 4) is 6.07 Å². The van der Waals surface area contributed by atoms with Gasteiger partial charge in [-0.1, -0.05) is 29.8 Å². The lowest BCUT2D eigenvalue weighted by Gasteiger charge is -2.05. The standard InChI is InChI=1S/C12H8ClN3/c13-12-9(8-14)6-7-11(16-12)15-10-4-2-1-3-5-10/h1-7H,(H,15,16). The van der Waals surface area contributed by atoms with E-state index in [2.05, 4.69) is 10.3 Å². The van der Waals surface area contributed by atoms with E-state index in [-0.39, 0.29) is 5.15 Å². The van der Waals surface area contributed by atoms with Crippen molar-refractivity contribution in [2.45, 2.75) is 0 Å². The highest BCUT2D eigenvalue weighted by molar-refractivity contribution is 6.30. The Hall–Kier alpha value is -2.05. The number of para-hydroxylation sites is 1. The normalized spacial score (nSPS) is 9.50. The van der Waals surface area contributed by atoms with Crippen LogP contribution in [0.3, 0.4) is 0 Å². The third-order valence-corrected chi connectivity index (χ3v) is 2.30. The smallest absolute Gasteiger partial charge is 0.149 e. The first-order valence-corrected chi connectivity index (χ1v) is 5.06. The fraction of sp³-hybridized carbons (Fsp3) is 0. The molecule has 4 heteroatoms. The first-order valence-electron chi connectivity index (χ1n) is 4.68. The van der Waals surface area contributed by atoms with Crippen LogP contribution in [0.2, 0.25) is 5.15 Å². The van der Waals surface area contributed by atoms with Gasteiger partial charge >= 0.3 is 0 Å². The molecule has 2 rings (SSSR count). The maximum Gasteiger partial charge on any atom is 0.149 e. The molecule has 0 radical (unpaired) electrons. The maximum absolute atomic E-state index is 8.70. The first kappa shape index (κ1) is 10.5. The zero-order valence-corrected chi connectivity index (χ0v) is 9.07. The second kappa shape index (κ2) is 4.65. The molecule has 0 saturated heterocycles. The molecule has 1 N–H and O–H groups in total. The summed E-state index contributed by atoms with van der Waals surface area (Å²) in [6.07, 6.45) is 0. The second-order valence-electron chi connectivity index (χ2n) is 3.14. The minimum Gasteiger partial charge on any atom is -0.340 e. The van der Waals surface area contributed by atoms with Crippen LogP contribution in [0, 0.1) is 11.3 Å². The number of nitrogens with one attached hydrogen (secondary N) is 1. The summed E-state index contributed by atoms with van der Waals surface area (Å²) in [6, 6.07) is 15.0. The van der Waals surface area contributed by atoms with Crippen molar-refractivity contribution in [1.82, 2.24) is 4.98 Å². The van der Waals surface area contributed by atoms with Crippen molar-refractivity contribution in [3.05, 3.63) is 53.2 Å². The summed E-state index contributed by atoms with van der Waals surface area (Å²) < 4.78 is 0. The average Bonchev–Trinajstić information content (AvgIpc) is 2.31. The molecule has 0 bridgehead atoms. The highest BCUT2D eigenvalue weighted by atomic mass is 35.5. The molecule has 2 aromatic rings.